The topological polar surface area (TPSA) is 65.4 Å². The number of methoxy groups -OCH3 is 1. The molecule has 0 amide bonds. The fourth-order valence-electron chi connectivity index (χ4n) is 2.22. The Labute approximate surface area is 118 Å². The van der Waals surface area contributed by atoms with Crippen LogP contribution in [0.3, 0.4) is 0 Å². The average Bonchev–Trinajstić information content (AvgIpc) is 2.71. The Balaban J connectivity index is 2.47. The molecule has 1 heterocycles. The van der Waals surface area contributed by atoms with Crippen LogP contribution in [0.15, 0.2) is 29.3 Å². The molecule has 0 saturated heterocycles. The van der Waals surface area contributed by atoms with Crippen LogP contribution in [0.4, 0.5) is 0 Å². The van der Waals surface area contributed by atoms with Crippen molar-refractivity contribution < 1.29 is 17.9 Å². The number of hydrogen-bond acceptors (Lipinski definition) is 4. The van der Waals surface area contributed by atoms with Crippen LogP contribution >= 0.6 is 0 Å². The Hall–Kier alpha value is -1.82. The predicted molar refractivity (Wildman–Crippen MR) is 76.4 cm³/mol. The Morgan fingerprint density at radius 1 is 1.35 bits per heavy atom. The molecule has 0 spiro atoms. The van der Waals surface area contributed by atoms with Crippen molar-refractivity contribution in [2.24, 2.45) is 7.05 Å². The van der Waals surface area contributed by atoms with Gasteiger partial charge in [0.05, 0.1) is 12.0 Å². The summed E-state index contributed by atoms with van der Waals surface area (Å²) >= 11 is 0. The minimum Gasteiger partial charge on any atom is -0.469 e. The van der Waals surface area contributed by atoms with E-state index in [1.165, 1.54) is 13.4 Å². The van der Waals surface area contributed by atoms with Gasteiger partial charge in [-0.1, -0.05) is 0 Å². The average molecular weight is 295 g/mol. The SMILES string of the molecule is COC(=O)CCc1cn(C)c2ccc(S(C)(=O)=O)cc12. The van der Waals surface area contributed by atoms with Gasteiger partial charge in [0.15, 0.2) is 9.84 Å². The molecule has 1 aromatic carbocycles. The molecule has 20 heavy (non-hydrogen) atoms. The third-order valence-electron chi connectivity index (χ3n) is 3.30. The second-order valence-corrected chi connectivity index (χ2v) is 6.81. The molecule has 0 aliphatic rings. The van der Waals surface area contributed by atoms with Crippen molar-refractivity contribution in [3.8, 4) is 0 Å². The summed E-state index contributed by atoms with van der Waals surface area (Å²) in [5.41, 5.74) is 1.88. The first-order valence-corrected chi connectivity index (χ1v) is 8.07. The standard InChI is InChI=1S/C14H17NO4S/c1-15-9-10(4-7-14(16)19-2)12-8-11(20(3,17)18)5-6-13(12)15/h5-6,8-9H,4,7H2,1-3H3. The normalized spacial score (nSPS) is 11.8. The fourth-order valence-corrected chi connectivity index (χ4v) is 2.87. The number of fused-ring (bicyclic) bond motifs is 1. The second kappa shape index (κ2) is 5.28. The number of carbonyl (C=O) groups is 1. The highest BCUT2D eigenvalue weighted by Gasteiger charge is 2.13. The molecule has 0 aliphatic heterocycles. The van der Waals surface area contributed by atoms with E-state index in [0.29, 0.717) is 6.42 Å². The number of rotatable bonds is 4. The van der Waals surface area contributed by atoms with Gasteiger partial charge in [-0.25, -0.2) is 8.42 Å². The van der Waals surface area contributed by atoms with Gasteiger partial charge < -0.3 is 9.30 Å². The van der Waals surface area contributed by atoms with E-state index in [1.54, 1.807) is 18.2 Å². The van der Waals surface area contributed by atoms with Gasteiger partial charge in [0.1, 0.15) is 0 Å². The molecule has 0 radical (unpaired) electrons. The molecule has 0 saturated carbocycles. The quantitative estimate of drug-likeness (QED) is 0.805. The van der Waals surface area contributed by atoms with Crippen molar-refractivity contribution in [3.05, 3.63) is 30.0 Å². The highest BCUT2D eigenvalue weighted by Crippen LogP contribution is 2.25. The molecule has 0 atom stereocenters. The Bertz CT molecular complexity index is 759. The van der Waals surface area contributed by atoms with E-state index in [2.05, 4.69) is 4.74 Å². The number of hydrogen-bond donors (Lipinski definition) is 0. The first-order valence-electron chi connectivity index (χ1n) is 6.18. The van der Waals surface area contributed by atoms with Crippen LogP contribution in [0.2, 0.25) is 0 Å². The van der Waals surface area contributed by atoms with Crippen molar-refractivity contribution in [3.63, 3.8) is 0 Å². The van der Waals surface area contributed by atoms with Crippen molar-refractivity contribution in [2.45, 2.75) is 17.7 Å². The molecule has 2 aromatic rings. The van der Waals surface area contributed by atoms with Gasteiger partial charge in [0, 0.05) is 36.8 Å². The number of sulfone groups is 1. The molecule has 1 aromatic heterocycles. The van der Waals surface area contributed by atoms with Gasteiger partial charge in [0.2, 0.25) is 0 Å². The largest absolute Gasteiger partial charge is 0.469 e. The first-order chi connectivity index (χ1) is 9.32. The van der Waals surface area contributed by atoms with Gasteiger partial charge in [-0.15, -0.1) is 0 Å². The molecule has 0 bridgehead atoms. The van der Waals surface area contributed by atoms with Crippen LogP contribution in [-0.4, -0.2) is 32.3 Å². The van der Waals surface area contributed by atoms with Crippen LogP contribution in [0.5, 0.6) is 0 Å². The minimum absolute atomic E-state index is 0.277. The lowest BCUT2D eigenvalue weighted by atomic mass is 10.1. The lowest BCUT2D eigenvalue weighted by Crippen LogP contribution is -2.01. The van der Waals surface area contributed by atoms with E-state index < -0.39 is 9.84 Å². The highest BCUT2D eigenvalue weighted by molar-refractivity contribution is 7.90. The lowest BCUT2D eigenvalue weighted by Gasteiger charge is -2.02. The second-order valence-electron chi connectivity index (χ2n) is 4.79. The molecule has 0 N–H and O–H groups in total. The number of nitrogens with zero attached hydrogens (tertiary/aromatic N) is 1. The molecule has 0 unspecified atom stereocenters. The van der Waals surface area contributed by atoms with Crippen molar-refractivity contribution in [2.75, 3.05) is 13.4 Å². The number of ether oxygens (including phenoxy) is 1. The third-order valence-corrected chi connectivity index (χ3v) is 4.41. The molecule has 0 fully saturated rings. The summed E-state index contributed by atoms with van der Waals surface area (Å²) in [4.78, 5) is 11.5. The van der Waals surface area contributed by atoms with Gasteiger partial charge in [-0.3, -0.25) is 4.79 Å². The summed E-state index contributed by atoms with van der Waals surface area (Å²) < 4.78 is 29.8. The van der Waals surface area contributed by atoms with Crippen LogP contribution < -0.4 is 0 Å². The van der Waals surface area contributed by atoms with Gasteiger partial charge in [-0.05, 0) is 30.2 Å². The summed E-state index contributed by atoms with van der Waals surface area (Å²) in [6.45, 7) is 0. The Kier molecular flexibility index (Phi) is 3.85. The van der Waals surface area contributed by atoms with Gasteiger partial charge in [0.25, 0.3) is 0 Å². The molecule has 108 valence electrons. The number of benzene rings is 1. The molecule has 0 aliphatic carbocycles. The third kappa shape index (κ3) is 2.85. The smallest absolute Gasteiger partial charge is 0.305 e. The van der Waals surface area contributed by atoms with Crippen LogP contribution in [0, 0.1) is 0 Å². The molecular formula is C14H17NO4S. The summed E-state index contributed by atoms with van der Waals surface area (Å²) in [7, 11) is 0.00870. The number of aromatic nitrogens is 1. The zero-order valence-electron chi connectivity index (χ0n) is 11.7. The molecule has 2 rings (SSSR count). The van der Waals surface area contributed by atoms with Crippen molar-refractivity contribution >= 4 is 26.7 Å². The Morgan fingerprint density at radius 2 is 2.05 bits per heavy atom. The minimum atomic E-state index is -3.24. The predicted octanol–water partition coefficient (Wildman–Crippen LogP) is 1.69. The maximum Gasteiger partial charge on any atom is 0.305 e. The van der Waals surface area contributed by atoms with Crippen molar-refractivity contribution in [1.29, 1.82) is 0 Å². The van der Waals surface area contributed by atoms with Crippen LogP contribution in [0.1, 0.15) is 12.0 Å². The maximum atomic E-state index is 11.6. The maximum absolute atomic E-state index is 11.6. The number of esters is 1. The number of aryl methyl sites for hydroxylation is 2. The van der Waals surface area contributed by atoms with Crippen LogP contribution in [-0.2, 0) is 32.8 Å². The zero-order valence-corrected chi connectivity index (χ0v) is 12.5. The van der Waals surface area contributed by atoms with E-state index >= 15 is 0 Å². The molecular weight excluding hydrogens is 278 g/mol. The summed E-state index contributed by atoms with van der Waals surface area (Å²) in [5.74, 6) is -0.277. The van der Waals surface area contributed by atoms with E-state index in [9.17, 15) is 13.2 Å². The summed E-state index contributed by atoms with van der Waals surface area (Å²) in [6.07, 6.45) is 3.90. The van der Waals surface area contributed by atoms with Crippen LogP contribution in [0.25, 0.3) is 10.9 Å². The highest BCUT2D eigenvalue weighted by atomic mass is 32.2. The summed E-state index contributed by atoms with van der Waals surface area (Å²) in [6, 6.07) is 5.05. The van der Waals surface area contributed by atoms with E-state index in [4.69, 9.17) is 0 Å². The lowest BCUT2D eigenvalue weighted by molar-refractivity contribution is -0.140. The summed E-state index contributed by atoms with van der Waals surface area (Å²) in [5, 5.41) is 0.860. The van der Waals surface area contributed by atoms with E-state index in [0.717, 1.165) is 16.5 Å². The first kappa shape index (κ1) is 14.6. The molecule has 5 nitrogen and oxygen atoms in total. The Morgan fingerprint density at radius 3 is 2.65 bits per heavy atom. The zero-order chi connectivity index (χ0) is 14.9. The van der Waals surface area contributed by atoms with Gasteiger partial charge in [-0.2, -0.15) is 0 Å². The molecule has 6 heteroatoms. The van der Waals surface area contributed by atoms with Gasteiger partial charge >= 0.3 is 5.97 Å². The van der Waals surface area contributed by atoms with Crippen molar-refractivity contribution in [1.82, 2.24) is 4.57 Å². The monoisotopic (exact) mass is 295 g/mol. The van der Waals surface area contributed by atoms with E-state index in [-0.39, 0.29) is 17.3 Å². The number of carbonyl (C=O) groups excluding carboxylic acids is 1. The van der Waals surface area contributed by atoms with E-state index in [1.807, 2.05) is 17.8 Å². The fraction of sp³-hybridized carbons (Fsp3) is 0.357.